The van der Waals surface area contributed by atoms with E-state index in [1.54, 1.807) is 42.5 Å². The van der Waals surface area contributed by atoms with Gasteiger partial charge in [0.1, 0.15) is 11.8 Å². The number of carbonyl (C=O) groups excluding carboxylic acids is 1. The second-order valence-corrected chi connectivity index (χ2v) is 10.5. The summed E-state index contributed by atoms with van der Waals surface area (Å²) in [5, 5.41) is 19.7. The quantitative estimate of drug-likeness (QED) is 0.398. The molecule has 1 unspecified atom stereocenters. The highest BCUT2D eigenvalue weighted by atomic mass is 32.2. The van der Waals surface area contributed by atoms with Gasteiger partial charge in [-0.05, 0) is 61.4 Å². The number of aliphatic hydroxyl groups is 1. The van der Waals surface area contributed by atoms with Crippen molar-refractivity contribution in [2.75, 3.05) is 0 Å². The van der Waals surface area contributed by atoms with Crippen molar-refractivity contribution >= 4 is 22.0 Å². The number of carboxylic acid groups (broad SMARTS) is 1. The number of fused-ring (bicyclic) bond motifs is 1. The van der Waals surface area contributed by atoms with Gasteiger partial charge < -0.3 is 14.9 Å². The van der Waals surface area contributed by atoms with Crippen LogP contribution in [-0.2, 0) is 34.4 Å². The lowest BCUT2D eigenvalue weighted by molar-refractivity contribution is -0.141. The van der Waals surface area contributed by atoms with Crippen LogP contribution in [0.1, 0.15) is 38.2 Å². The van der Waals surface area contributed by atoms with Gasteiger partial charge >= 0.3 is 11.9 Å². The van der Waals surface area contributed by atoms with E-state index in [0.717, 1.165) is 15.4 Å². The molecule has 0 saturated carbocycles. The maximum Gasteiger partial charge on any atom is 0.343 e. The minimum atomic E-state index is -4.12. The van der Waals surface area contributed by atoms with Crippen LogP contribution < -0.4 is 4.74 Å². The van der Waals surface area contributed by atoms with Gasteiger partial charge in [0.15, 0.2) is 0 Å². The van der Waals surface area contributed by atoms with E-state index >= 15 is 0 Å². The van der Waals surface area contributed by atoms with Crippen LogP contribution in [0.3, 0.4) is 0 Å². The number of carbonyl (C=O) groups is 2. The summed E-state index contributed by atoms with van der Waals surface area (Å²) in [6.07, 6.45) is -0.0883. The number of sulfonamides is 1. The summed E-state index contributed by atoms with van der Waals surface area (Å²) in [5.41, 5.74) is 3.57. The zero-order valence-electron chi connectivity index (χ0n) is 19.3. The van der Waals surface area contributed by atoms with Gasteiger partial charge in [-0.1, -0.05) is 35.4 Å². The molecule has 8 nitrogen and oxygen atoms in total. The Morgan fingerprint density at radius 2 is 1.57 bits per heavy atom. The molecule has 0 spiro atoms. The molecule has 1 aliphatic rings. The molecule has 4 rings (SSSR count). The number of carboxylic acids is 1. The molecular weight excluding hydrogens is 470 g/mol. The summed E-state index contributed by atoms with van der Waals surface area (Å²) < 4.78 is 33.2. The normalized spacial score (nSPS) is 15.9. The molecule has 0 fully saturated rings. The van der Waals surface area contributed by atoms with Crippen LogP contribution in [0.5, 0.6) is 5.75 Å². The Balaban J connectivity index is 1.71. The SMILES string of the molecule is Cc1ccc(C(=O)Oc2cc3c(cc2CO)CC(C(=O)O)N(S(=O)(=O)c2ccc(C)cc2)C3)cc1. The van der Waals surface area contributed by atoms with Crippen LogP contribution >= 0.6 is 0 Å². The first-order valence-electron chi connectivity index (χ1n) is 11.0. The minimum absolute atomic E-state index is 0.00389. The molecule has 35 heavy (non-hydrogen) atoms. The number of ether oxygens (including phenoxy) is 1. The first kappa shape index (κ1) is 24.6. The average Bonchev–Trinajstić information content (AvgIpc) is 2.83. The highest BCUT2D eigenvalue weighted by Crippen LogP contribution is 2.34. The third-order valence-electron chi connectivity index (χ3n) is 6.04. The summed E-state index contributed by atoms with van der Waals surface area (Å²) in [4.78, 5) is 24.7. The summed E-state index contributed by atoms with van der Waals surface area (Å²) in [6, 6.07) is 14.7. The van der Waals surface area contributed by atoms with Crippen molar-refractivity contribution in [1.82, 2.24) is 4.31 Å². The summed E-state index contributed by atoms with van der Waals surface area (Å²) in [5.74, 6) is -1.80. The number of aliphatic carboxylic acids is 1. The Labute approximate surface area is 203 Å². The predicted octanol–water partition coefficient (Wildman–Crippen LogP) is 3.22. The average molecular weight is 496 g/mol. The summed E-state index contributed by atoms with van der Waals surface area (Å²) in [6.45, 7) is 3.06. The fourth-order valence-corrected chi connectivity index (χ4v) is 5.58. The molecule has 2 N–H and O–H groups in total. The van der Waals surface area contributed by atoms with Crippen molar-refractivity contribution in [3.8, 4) is 5.75 Å². The molecule has 0 saturated heterocycles. The highest BCUT2D eigenvalue weighted by molar-refractivity contribution is 7.89. The van der Waals surface area contributed by atoms with Gasteiger partial charge in [-0.2, -0.15) is 4.31 Å². The zero-order chi connectivity index (χ0) is 25.3. The lowest BCUT2D eigenvalue weighted by Gasteiger charge is -2.34. The number of aryl methyl sites for hydroxylation is 2. The highest BCUT2D eigenvalue weighted by Gasteiger charge is 2.40. The van der Waals surface area contributed by atoms with Gasteiger partial charge in [-0.25, -0.2) is 13.2 Å². The van der Waals surface area contributed by atoms with Crippen LogP contribution in [-0.4, -0.2) is 40.9 Å². The van der Waals surface area contributed by atoms with E-state index in [2.05, 4.69) is 0 Å². The molecule has 0 radical (unpaired) electrons. The van der Waals surface area contributed by atoms with Crippen LogP contribution in [0.15, 0.2) is 65.6 Å². The standard InChI is InChI=1S/C26H25NO7S/c1-16-3-7-18(8-4-16)26(31)34-24-13-20-14-27(35(32,33)22-9-5-17(2)6-10-22)23(25(29)30)12-19(20)11-21(24)15-28/h3-11,13,23,28H,12,14-15H2,1-2H3,(H,29,30). The van der Waals surface area contributed by atoms with Gasteiger partial charge in [-0.3, -0.25) is 4.79 Å². The van der Waals surface area contributed by atoms with E-state index in [1.165, 1.54) is 18.2 Å². The number of aliphatic hydroxyl groups excluding tert-OH is 1. The first-order valence-corrected chi connectivity index (χ1v) is 12.4. The molecule has 1 aliphatic heterocycles. The van der Waals surface area contributed by atoms with Gasteiger partial charge in [0, 0.05) is 18.5 Å². The number of hydrogen-bond donors (Lipinski definition) is 2. The predicted molar refractivity (Wildman–Crippen MR) is 128 cm³/mol. The number of nitrogens with zero attached hydrogens (tertiary/aromatic N) is 1. The fraction of sp³-hybridized carbons (Fsp3) is 0.231. The second-order valence-electron chi connectivity index (χ2n) is 8.56. The van der Waals surface area contributed by atoms with Gasteiger partial charge in [0.25, 0.3) is 0 Å². The van der Waals surface area contributed by atoms with Crippen LogP contribution in [0.25, 0.3) is 0 Å². The second kappa shape index (κ2) is 9.61. The maximum atomic E-state index is 13.4. The smallest absolute Gasteiger partial charge is 0.343 e. The Hall–Kier alpha value is -3.53. The number of rotatable bonds is 6. The van der Waals surface area contributed by atoms with Gasteiger partial charge in [0.05, 0.1) is 17.1 Å². The van der Waals surface area contributed by atoms with Crippen molar-refractivity contribution in [2.45, 2.75) is 44.4 Å². The van der Waals surface area contributed by atoms with Crippen LogP contribution in [0.4, 0.5) is 0 Å². The number of esters is 1. The molecule has 0 aliphatic carbocycles. The van der Waals surface area contributed by atoms with E-state index in [9.17, 15) is 28.2 Å². The van der Waals surface area contributed by atoms with E-state index < -0.39 is 34.6 Å². The van der Waals surface area contributed by atoms with E-state index in [1.807, 2.05) is 13.8 Å². The topological polar surface area (TPSA) is 121 Å². The summed E-state index contributed by atoms with van der Waals surface area (Å²) in [7, 11) is -4.12. The Morgan fingerprint density at radius 1 is 0.971 bits per heavy atom. The molecule has 0 bridgehead atoms. The molecular formula is C26H25NO7S. The molecule has 1 heterocycles. The molecule has 0 amide bonds. The summed E-state index contributed by atoms with van der Waals surface area (Å²) >= 11 is 0. The largest absolute Gasteiger partial charge is 0.480 e. The zero-order valence-corrected chi connectivity index (χ0v) is 20.1. The lowest BCUT2D eigenvalue weighted by atomic mass is 9.93. The molecule has 3 aromatic rings. The molecule has 0 aromatic heterocycles. The van der Waals surface area contributed by atoms with Crippen molar-refractivity contribution in [3.63, 3.8) is 0 Å². The van der Waals surface area contributed by atoms with E-state index in [-0.39, 0.29) is 23.6 Å². The third kappa shape index (κ3) is 4.97. The fourth-order valence-electron chi connectivity index (χ4n) is 4.02. The monoisotopic (exact) mass is 495 g/mol. The van der Waals surface area contributed by atoms with Crippen molar-refractivity contribution in [2.24, 2.45) is 0 Å². The first-order chi connectivity index (χ1) is 16.6. The minimum Gasteiger partial charge on any atom is -0.480 e. The van der Waals surface area contributed by atoms with Crippen molar-refractivity contribution in [3.05, 3.63) is 94.0 Å². The molecule has 182 valence electrons. The Morgan fingerprint density at radius 3 is 2.14 bits per heavy atom. The van der Waals surface area contributed by atoms with Crippen LogP contribution in [0.2, 0.25) is 0 Å². The van der Waals surface area contributed by atoms with Crippen molar-refractivity contribution < 1.29 is 33.0 Å². The third-order valence-corrected chi connectivity index (χ3v) is 7.91. The van der Waals surface area contributed by atoms with Gasteiger partial charge in [0.2, 0.25) is 10.0 Å². The molecule has 1 atom stereocenters. The molecule has 3 aromatic carbocycles. The van der Waals surface area contributed by atoms with Gasteiger partial charge in [-0.15, -0.1) is 0 Å². The number of hydrogen-bond acceptors (Lipinski definition) is 6. The van der Waals surface area contributed by atoms with Crippen LogP contribution in [0, 0.1) is 13.8 Å². The number of benzene rings is 3. The Bertz CT molecular complexity index is 1380. The van der Waals surface area contributed by atoms with E-state index in [4.69, 9.17) is 4.74 Å². The molecule has 9 heteroatoms. The Kier molecular flexibility index (Phi) is 6.75. The van der Waals surface area contributed by atoms with E-state index in [0.29, 0.717) is 22.3 Å². The van der Waals surface area contributed by atoms with Crippen molar-refractivity contribution in [1.29, 1.82) is 0 Å². The lowest BCUT2D eigenvalue weighted by Crippen LogP contribution is -2.48. The maximum absolute atomic E-state index is 13.4.